The number of pyridine rings is 1. The van der Waals surface area contributed by atoms with E-state index in [2.05, 4.69) is 15.0 Å². The number of nitrogens with two attached hydrogens (primary N) is 1. The van der Waals surface area contributed by atoms with Gasteiger partial charge in [-0.25, -0.2) is 18.7 Å². The van der Waals surface area contributed by atoms with Gasteiger partial charge in [0.2, 0.25) is 11.8 Å². The minimum atomic E-state index is -1.06. The highest BCUT2D eigenvalue weighted by Crippen LogP contribution is 2.30. The standard InChI is InChI=1S/C24H26F2N4O4/c1-4-33-9-10-34-19-8-6-15(13-28-19)17-11-18(31)30-22(29-17)20-16(25)7-5-14(21(20)26)12-24(2,3)23(27)32/h5-8,11,13H,4,9-10,12H2,1-3H3,(H2,27,32)(H,29,30,31). The molecule has 0 saturated heterocycles. The smallest absolute Gasteiger partial charge is 0.251 e. The average molecular weight is 472 g/mol. The summed E-state index contributed by atoms with van der Waals surface area (Å²) < 4.78 is 40.6. The molecule has 3 aromatic rings. The first kappa shape index (κ1) is 25.0. The van der Waals surface area contributed by atoms with E-state index in [1.54, 1.807) is 26.0 Å². The molecular formula is C24H26F2N4O4. The van der Waals surface area contributed by atoms with Gasteiger partial charge >= 0.3 is 0 Å². The Bertz CT molecular complexity index is 1230. The molecule has 3 N–H and O–H groups in total. The van der Waals surface area contributed by atoms with Crippen LogP contribution in [0.1, 0.15) is 26.3 Å². The molecule has 0 radical (unpaired) electrons. The summed E-state index contributed by atoms with van der Waals surface area (Å²) >= 11 is 0. The molecule has 0 unspecified atom stereocenters. The van der Waals surface area contributed by atoms with Gasteiger partial charge in [-0.3, -0.25) is 9.59 Å². The van der Waals surface area contributed by atoms with Gasteiger partial charge in [-0.2, -0.15) is 0 Å². The summed E-state index contributed by atoms with van der Waals surface area (Å²) in [7, 11) is 0. The SMILES string of the molecule is CCOCCOc1ccc(-c2cc(=O)[nH]c(-c3c(F)ccc(CC(C)(C)C(N)=O)c3F)n2)cn1. The van der Waals surface area contributed by atoms with Crippen LogP contribution in [0, 0.1) is 17.0 Å². The van der Waals surface area contributed by atoms with E-state index in [9.17, 15) is 14.0 Å². The Hall–Kier alpha value is -3.66. The molecule has 10 heteroatoms. The van der Waals surface area contributed by atoms with Crippen molar-refractivity contribution in [1.29, 1.82) is 0 Å². The highest BCUT2D eigenvalue weighted by atomic mass is 19.1. The predicted octanol–water partition coefficient (Wildman–Crippen LogP) is 3.25. The molecule has 1 amide bonds. The lowest BCUT2D eigenvalue weighted by molar-refractivity contribution is -0.125. The number of aromatic nitrogens is 3. The molecular weight excluding hydrogens is 446 g/mol. The van der Waals surface area contributed by atoms with Crippen molar-refractivity contribution in [2.24, 2.45) is 11.1 Å². The number of carbonyl (C=O) groups is 1. The number of hydrogen-bond donors (Lipinski definition) is 2. The molecule has 0 aliphatic carbocycles. The third-order valence-corrected chi connectivity index (χ3v) is 5.16. The van der Waals surface area contributed by atoms with E-state index in [0.717, 1.165) is 6.07 Å². The molecule has 3 rings (SSSR count). The molecule has 0 bridgehead atoms. The van der Waals surface area contributed by atoms with Crippen molar-refractivity contribution in [2.75, 3.05) is 19.8 Å². The molecule has 2 heterocycles. The summed E-state index contributed by atoms with van der Waals surface area (Å²) in [5, 5.41) is 0. The molecule has 0 atom stereocenters. The van der Waals surface area contributed by atoms with Crippen molar-refractivity contribution in [3.63, 3.8) is 0 Å². The molecule has 0 saturated carbocycles. The van der Waals surface area contributed by atoms with Crippen LogP contribution in [0.3, 0.4) is 0 Å². The zero-order valence-corrected chi connectivity index (χ0v) is 19.2. The van der Waals surface area contributed by atoms with Gasteiger partial charge in [-0.1, -0.05) is 19.9 Å². The third kappa shape index (κ3) is 5.82. The van der Waals surface area contributed by atoms with Crippen LogP contribution in [0.4, 0.5) is 8.78 Å². The van der Waals surface area contributed by atoms with Crippen LogP contribution in [0.5, 0.6) is 5.88 Å². The fraction of sp³-hybridized carbons (Fsp3) is 0.333. The first-order valence-electron chi connectivity index (χ1n) is 10.7. The van der Waals surface area contributed by atoms with Crippen molar-refractivity contribution in [3.05, 3.63) is 64.1 Å². The van der Waals surface area contributed by atoms with Crippen molar-refractivity contribution >= 4 is 5.91 Å². The number of hydrogen-bond acceptors (Lipinski definition) is 6. The summed E-state index contributed by atoms with van der Waals surface area (Å²) in [5.41, 5.74) is 3.93. The molecule has 34 heavy (non-hydrogen) atoms. The number of carbonyl (C=O) groups excluding carboxylic acids is 1. The topological polar surface area (TPSA) is 120 Å². The molecule has 180 valence electrons. The average Bonchev–Trinajstić information content (AvgIpc) is 2.79. The third-order valence-electron chi connectivity index (χ3n) is 5.16. The van der Waals surface area contributed by atoms with Crippen LogP contribution in [0.2, 0.25) is 0 Å². The van der Waals surface area contributed by atoms with Crippen LogP contribution in [0.25, 0.3) is 22.6 Å². The number of primary amides is 1. The fourth-order valence-corrected chi connectivity index (χ4v) is 3.20. The zero-order chi connectivity index (χ0) is 24.9. The molecule has 0 aliphatic heterocycles. The number of rotatable bonds is 10. The lowest BCUT2D eigenvalue weighted by Gasteiger charge is -2.21. The van der Waals surface area contributed by atoms with E-state index < -0.39 is 34.1 Å². The molecule has 0 aliphatic rings. The largest absolute Gasteiger partial charge is 0.475 e. The summed E-state index contributed by atoms with van der Waals surface area (Å²) in [6, 6.07) is 6.74. The Morgan fingerprint density at radius 2 is 1.94 bits per heavy atom. The molecule has 1 aromatic carbocycles. The number of ether oxygens (including phenoxy) is 2. The molecule has 8 nitrogen and oxygen atoms in total. The minimum Gasteiger partial charge on any atom is -0.475 e. The van der Waals surface area contributed by atoms with Gasteiger partial charge in [0.15, 0.2) is 0 Å². The quantitative estimate of drug-likeness (QED) is 0.437. The second-order valence-electron chi connectivity index (χ2n) is 8.23. The molecule has 0 spiro atoms. The summed E-state index contributed by atoms with van der Waals surface area (Å²) in [6.45, 7) is 6.34. The zero-order valence-electron chi connectivity index (χ0n) is 19.2. The number of nitrogens with one attached hydrogen (secondary N) is 1. The highest BCUT2D eigenvalue weighted by molar-refractivity contribution is 5.80. The van der Waals surface area contributed by atoms with E-state index in [0.29, 0.717) is 31.3 Å². The number of H-pyrrole nitrogens is 1. The van der Waals surface area contributed by atoms with Crippen LogP contribution < -0.4 is 16.0 Å². The van der Waals surface area contributed by atoms with Gasteiger partial charge in [0.05, 0.1) is 17.9 Å². The molecule has 2 aromatic heterocycles. The maximum absolute atomic E-state index is 15.3. The van der Waals surface area contributed by atoms with Crippen LogP contribution in [-0.4, -0.2) is 40.7 Å². The second-order valence-corrected chi connectivity index (χ2v) is 8.23. The van der Waals surface area contributed by atoms with E-state index >= 15 is 4.39 Å². The monoisotopic (exact) mass is 472 g/mol. The molecule has 0 fully saturated rings. The first-order chi connectivity index (χ1) is 16.1. The van der Waals surface area contributed by atoms with Crippen molar-refractivity contribution in [1.82, 2.24) is 15.0 Å². The Labute approximate surface area is 195 Å². The maximum atomic E-state index is 15.3. The van der Waals surface area contributed by atoms with Gasteiger partial charge in [0, 0.05) is 35.9 Å². The van der Waals surface area contributed by atoms with E-state index in [1.807, 2.05) is 6.92 Å². The summed E-state index contributed by atoms with van der Waals surface area (Å²) in [6.07, 6.45) is 1.39. The Morgan fingerprint density at radius 1 is 1.18 bits per heavy atom. The number of amides is 1. The van der Waals surface area contributed by atoms with E-state index in [-0.39, 0.29) is 23.5 Å². The summed E-state index contributed by atoms with van der Waals surface area (Å²) in [5.74, 6) is -2.38. The van der Waals surface area contributed by atoms with Crippen LogP contribution >= 0.6 is 0 Å². The van der Waals surface area contributed by atoms with E-state index in [1.165, 1.54) is 18.3 Å². The number of aromatic amines is 1. The van der Waals surface area contributed by atoms with Gasteiger partial charge in [0.1, 0.15) is 24.1 Å². The van der Waals surface area contributed by atoms with Gasteiger partial charge in [-0.05, 0) is 31.0 Å². The van der Waals surface area contributed by atoms with E-state index in [4.69, 9.17) is 15.2 Å². The Morgan fingerprint density at radius 3 is 2.59 bits per heavy atom. The number of nitrogens with zero attached hydrogens (tertiary/aromatic N) is 2. The Kier molecular flexibility index (Phi) is 7.72. The normalized spacial score (nSPS) is 11.4. The minimum absolute atomic E-state index is 0.0555. The summed E-state index contributed by atoms with van der Waals surface area (Å²) in [4.78, 5) is 34.8. The van der Waals surface area contributed by atoms with Crippen LogP contribution in [0.15, 0.2) is 41.3 Å². The van der Waals surface area contributed by atoms with Crippen molar-refractivity contribution in [3.8, 4) is 28.5 Å². The van der Waals surface area contributed by atoms with Crippen LogP contribution in [-0.2, 0) is 16.0 Å². The van der Waals surface area contributed by atoms with Gasteiger partial charge in [0.25, 0.3) is 5.56 Å². The lowest BCUT2D eigenvalue weighted by atomic mass is 9.84. The lowest BCUT2D eigenvalue weighted by Crippen LogP contribution is -2.33. The van der Waals surface area contributed by atoms with Gasteiger partial charge < -0.3 is 20.2 Å². The van der Waals surface area contributed by atoms with Gasteiger partial charge in [-0.15, -0.1) is 0 Å². The first-order valence-corrected chi connectivity index (χ1v) is 10.7. The highest BCUT2D eigenvalue weighted by Gasteiger charge is 2.28. The number of benzene rings is 1. The van der Waals surface area contributed by atoms with Crippen molar-refractivity contribution in [2.45, 2.75) is 27.2 Å². The van der Waals surface area contributed by atoms with Crippen molar-refractivity contribution < 1.29 is 23.0 Å². The number of halogens is 2. The fourth-order valence-electron chi connectivity index (χ4n) is 3.20. The predicted molar refractivity (Wildman–Crippen MR) is 122 cm³/mol. The maximum Gasteiger partial charge on any atom is 0.251 e. The second kappa shape index (κ2) is 10.5. The Balaban J connectivity index is 1.94.